The third-order valence-electron chi connectivity index (χ3n) is 6.39. The molecular formula is C31H38N2O5. The lowest BCUT2D eigenvalue weighted by Gasteiger charge is -2.32. The Morgan fingerprint density at radius 3 is 2.13 bits per heavy atom. The Hall–Kier alpha value is -4.00. The summed E-state index contributed by atoms with van der Waals surface area (Å²) in [6.45, 7) is 2.95. The molecule has 0 aliphatic heterocycles. The Morgan fingerprint density at radius 1 is 0.816 bits per heavy atom. The van der Waals surface area contributed by atoms with Crippen LogP contribution in [0, 0.1) is 0 Å². The molecule has 0 spiro atoms. The highest BCUT2D eigenvalue weighted by Crippen LogP contribution is 2.29. The summed E-state index contributed by atoms with van der Waals surface area (Å²) >= 11 is 0. The topological polar surface area (TPSA) is 77.1 Å². The molecule has 0 fully saturated rings. The number of nitrogens with zero attached hydrogens (tertiary/aromatic N) is 1. The van der Waals surface area contributed by atoms with Gasteiger partial charge in [-0.15, -0.1) is 0 Å². The molecule has 3 aromatic rings. The predicted molar refractivity (Wildman–Crippen MR) is 149 cm³/mol. The normalized spacial score (nSPS) is 11.4. The Labute approximate surface area is 225 Å². The lowest BCUT2D eigenvalue weighted by atomic mass is 10.0. The number of benzene rings is 3. The fraction of sp³-hybridized carbons (Fsp3) is 0.355. The van der Waals surface area contributed by atoms with Crippen molar-refractivity contribution in [1.29, 1.82) is 0 Å². The molecule has 0 unspecified atom stereocenters. The molecule has 0 saturated heterocycles. The van der Waals surface area contributed by atoms with Gasteiger partial charge in [0.15, 0.2) is 11.5 Å². The number of amides is 2. The first kappa shape index (κ1) is 28.6. The molecule has 0 aromatic heterocycles. The first-order valence-corrected chi connectivity index (χ1v) is 13.0. The zero-order chi connectivity index (χ0) is 27.3. The van der Waals surface area contributed by atoms with Gasteiger partial charge in [0.1, 0.15) is 11.8 Å². The van der Waals surface area contributed by atoms with Crippen LogP contribution in [-0.2, 0) is 22.6 Å². The van der Waals surface area contributed by atoms with Gasteiger partial charge < -0.3 is 24.4 Å². The molecule has 1 atom stereocenters. The summed E-state index contributed by atoms with van der Waals surface area (Å²) in [7, 11) is 4.75. The van der Waals surface area contributed by atoms with E-state index in [9.17, 15) is 9.59 Å². The highest BCUT2D eigenvalue weighted by atomic mass is 16.5. The molecule has 2 amide bonds. The Kier molecular flexibility index (Phi) is 11.0. The van der Waals surface area contributed by atoms with Crippen molar-refractivity contribution < 1.29 is 23.8 Å². The van der Waals surface area contributed by atoms with Crippen molar-refractivity contribution in [2.24, 2.45) is 0 Å². The molecule has 0 saturated carbocycles. The third kappa shape index (κ3) is 7.75. The van der Waals surface area contributed by atoms with Crippen molar-refractivity contribution in [2.45, 2.75) is 45.2 Å². The van der Waals surface area contributed by atoms with Crippen LogP contribution in [0.4, 0.5) is 0 Å². The van der Waals surface area contributed by atoms with Crippen LogP contribution in [-0.4, -0.2) is 44.6 Å². The van der Waals surface area contributed by atoms with E-state index in [4.69, 9.17) is 14.2 Å². The Bertz CT molecular complexity index is 1160. The molecule has 0 aliphatic rings. The van der Waals surface area contributed by atoms with Gasteiger partial charge in [-0.2, -0.15) is 0 Å². The van der Waals surface area contributed by atoms with E-state index >= 15 is 0 Å². The molecule has 0 heterocycles. The second-order valence-corrected chi connectivity index (χ2v) is 9.05. The number of unbranched alkanes of at least 4 members (excludes halogenated alkanes) is 2. The predicted octanol–water partition coefficient (Wildman–Crippen LogP) is 5.33. The fourth-order valence-corrected chi connectivity index (χ4v) is 4.31. The average Bonchev–Trinajstić information content (AvgIpc) is 2.95. The molecule has 3 aromatic carbocycles. The van der Waals surface area contributed by atoms with Gasteiger partial charge >= 0.3 is 0 Å². The number of ether oxygens (including phenoxy) is 3. The van der Waals surface area contributed by atoms with Crippen LogP contribution < -0.4 is 19.5 Å². The number of hydrogen-bond donors (Lipinski definition) is 1. The van der Waals surface area contributed by atoms with Gasteiger partial charge in [-0.05, 0) is 47.4 Å². The highest BCUT2D eigenvalue weighted by Gasteiger charge is 2.31. The molecular weight excluding hydrogens is 480 g/mol. The van der Waals surface area contributed by atoms with Gasteiger partial charge in [0.2, 0.25) is 11.8 Å². The zero-order valence-electron chi connectivity index (χ0n) is 22.7. The van der Waals surface area contributed by atoms with Crippen molar-refractivity contribution >= 4 is 11.8 Å². The van der Waals surface area contributed by atoms with Crippen LogP contribution in [0.2, 0.25) is 0 Å². The lowest BCUT2D eigenvalue weighted by molar-refractivity contribution is -0.141. The number of rotatable bonds is 14. The van der Waals surface area contributed by atoms with Crippen molar-refractivity contribution in [3.8, 4) is 17.2 Å². The van der Waals surface area contributed by atoms with Crippen LogP contribution in [0.5, 0.6) is 17.2 Å². The molecule has 0 bridgehead atoms. The minimum absolute atomic E-state index is 0.100. The van der Waals surface area contributed by atoms with Gasteiger partial charge in [0.05, 0.1) is 27.8 Å². The molecule has 0 aliphatic carbocycles. The minimum atomic E-state index is -0.785. The summed E-state index contributed by atoms with van der Waals surface area (Å²) in [6.07, 6.45) is 3.08. The van der Waals surface area contributed by atoms with Crippen molar-refractivity contribution in [1.82, 2.24) is 10.2 Å². The molecule has 1 N–H and O–H groups in total. The van der Waals surface area contributed by atoms with E-state index in [0.717, 1.165) is 41.7 Å². The number of methoxy groups -OCH3 is 3. The van der Waals surface area contributed by atoms with Crippen LogP contribution in [0.15, 0.2) is 72.8 Å². The van der Waals surface area contributed by atoms with Crippen LogP contribution >= 0.6 is 0 Å². The standard InChI is InChI=1S/C31H38N2O5/c1-5-6-10-19-32-31(35)30(25-11-8-7-9-12-25)33(22-23-13-16-26(36-2)17-14-23)29(34)21-24-15-18-27(37-3)28(20-24)38-4/h7-9,11-18,20,30H,5-6,10,19,21-22H2,1-4H3,(H,32,35)/t30-/m1/s1. The maximum absolute atomic E-state index is 13.9. The maximum atomic E-state index is 13.9. The summed E-state index contributed by atoms with van der Waals surface area (Å²) in [4.78, 5) is 29.2. The second-order valence-electron chi connectivity index (χ2n) is 9.05. The maximum Gasteiger partial charge on any atom is 0.247 e. The average molecular weight is 519 g/mol. The van der Waals surface area contributed by atoms with Crippen LogP contribution in [0.25, 0.3) is 0 Å². The van der Waals surface area contributed by atoms with Crippen LogP contribution in [0.1, 0.15) is 48.9 Å². The quantitative estimate of drug-likeness (QED) is 0.292. The van der Waals surface area contributed by atoms with E-state index in [0.29, 0.717) is 18.0 Å². The van der Waals surface area contributed by atoms with E-state index < -0.39 is 6.04 Å². The molecule has 7 heteroatoms. The minimum Gasteiger partial charge on any atom is -0.497 e. The summed E-state index contributed by atoms with van der Waals surface area (Å²) < 4.78 is 16.1. The van der Waals surface area contributed by atoms with Crippen LogP contribution in [0.3, 0.4) is 0 Å². The van der Waals surface area contributed by atoms with E-state index in [1.54, 1.807) is 38.4 Å². The molecule has 38 heavy (non-hydrogen) atoms. The zero-order valence-corrected chi connectivity index (χ0v) is 22.7. The number of carbonyl (C=O) groups excluding carboxylic acids is 2. The van der Waals surface area contributed by atoms with Gasteiger partial charge in [0.25, 0.3) is 0 Å². The fourth-order valence-electron chi connectivity index (χ4n) is 4.31. The van der Waals surface area contributed by atoms with E-state index in [2.05, 4.69) is 12.2 Å². The highest BCUT2D eigenvalue weighted by molar-refractivity contribution is 5.89. The SMILES string of the molecule is CCCCCNC(=O)[C@@H](c1ccccc1)N(Cc1ccc(OC)cc1)C(=O)Cc1ccc(OC)c(OC)c1. The largest absolute Gasteiger partial charge is 0.497 e. The first-order chi connectivity index (χ1) is 18.5. The number of hydrogen-bond acceptors (Lipinski definition) is 5. The lowest BCUT2D eigenvalue weighted by Crippen LogP contribution is -2.44. The Balaban J connectivity index is 1.97. The third-order valence-corrected chi connectivity index (χ3v) is 6.39. The number of carbonyl (C=O) groups is 2. The smallest absolute Gasteiger partial charge is 0.247 e. The van der Waals surface area contributed by atoms with E-state index in [1.165, 1.54) is 0 Å². The van der Waals surface area contributed by atoms with Gasteiger partial charge in [-0.1, -0.05) is 68.3 Å². The number of nitrogens with one attached hydrogen (secondary N) is 1. The summed E-state index contributed by atoms with van der Waals surface area (Å²) in [5.74, 6) is 1.50. The monoisotopic (exact) mass is 518 g/mol. The van der Waals surface area contributed by atoms with Gasteiger partial charge in [-0.3, -0.25) is 9.59 Å². The molecule has 0 radical (unpaired) electrons. The second kappa shape index (κ2) is 14.7. The molecule has 3 rings (SSSR count). The Morgan fingerprint density at radius 2 is 1.50 bits per heavy atom. The van der Waals surface area contributed by atoms with Crippen molar-refractivity contribution in [3.05, 3.63) is 89.5 Å². The van der Waals surface area contributed by atoms with Crippen molar-refractivity contribution in [2.75, 3.05) is 27.9 Å². The first-order valence-electron chi connectivity index (χ1n) is 13.0. The molecule has 202 valence electrons. The molecule has 7 nitrogen and oxygen atoms in total. The summed E-state index contributed by atoms with van der Waals surface area (Å²) in [5.41, 5.74) is 2.42. The van der Waals surface area contributed by atoms with E-state index in [1.807, 2.05) is 60.7 Å². The summed E-state index contributed by atoms with van der Waals surface area (Å²) in [5, 5.41) is 3.06. The van der Waals surface area contributed by atoms with Gasteiger partial charge in [0, 0.05) is 13.1 Å². The van der Waals surface area contributed by atoms with Crippen molar-refractivity contribution in [3.63, 3.8) is 0 Å². The van der Waals surface area contributed by atoms with Gasteiger partial charge in [-0.25, -0.2) is 0 Å². The summed E-state index contributed by atoms with van der Waals surface area (Å²) in [6, 6.07) is 21.6. The van der Waals surface area contributed by atoms with E-state index in [-0.39, 0.29) is 24.8 Å².